The molecule has 0 aromatic rings. The Morgan fingerprint density at radius 3 is 2.77 bits per heavy atom. The van der Waals surface area contributed by atoms with Crippen molar-refractivity contribution in [1.82, 2.24) is 0 Å². The van der Waals surface area contributed by atoms with Crippen LogP contribution >= 0.6 is 0 Å². The fourth-order valence-electron chi connectivity index (χ4n) is 2.40. The maximum atomic E-state index is 11.0. The van der Waals surface area contributed by atoms with Gasteiger partial charge in [0, 0.05) is 18.3 Å². The molecule has 0 amide bonds. The summed E-state index contributed by atoms with van der Waals surface area (Å²) in [6.45, 7) is 5.90. The summed E-state index contributed by atoms with van der Waals surface area (Å²) in [5, 5.41) is 3.81. The van der Waals surface area contributed by atoms with Crippen LogP contribution in [0.4, 0.5) is 0 Å². The quantitative estimate of drug-likeness (QED) is 0.180. The lowest BCUT2D eigenvalue weighted by atomic mass is 9.82. The normalized spacial score (nSPS) is 30.9. The Morgan fingerprint density at radius 2 is 2.18 bits per heavy atom. The predicted octanol–water partition coefficient (Wildman–Crippen LogP) is 2.66. The van der Waals surface area contributed by atoms with Crippen molar-refractivity contribution in [2.24, 2.45) is 17.0 Å². The third-order valence-electron chi connectivity index (χ3n) is 3.93. The van der Waals surface area contributed by atoms with E-state index < -0.39 is 12.3 Å². The molecule has 0 aromatic heterocycles. The van der Waals surface area contributed by atoms with Crippen molar-refractivity contribution in [3.05, 3.63) is 10.4 Å². The summed E-state index contributed by atoms with van der Waals surface area (Å²) in [5.74, 6) is 2.30. The minimum Gasteiger partial charge on any atom is -0.463 e. The second-order valence-corrected chi connectivity index (χ2v) is 5.44. The van der Waals surface area contributed by atoms with Crippen LogP contribution in [0, 0.1) is 24.2 Å². The molecule has 5 atom stereocenters. The van der Waals surface area contributed by atoms with Crippen molar-refractivity contribution in [3.63, 3.8) is 0 Å². The van der Waals surface area contributed by atoms with E-state index in [4.69, 9.17) is 26.2 Å². The van der Waals surface area contributed by atoms with E-state index >= 15 is 0 Å². The number of carbonyl (C=O) groups is 1. The van der Waals surface area contributed by atoms with Crippen LogP contribution in [0.2, 0.25) is 0 Å². The Hall–Kier alpha value is -1.74. The largest absolute Gasteiger partial charge is 0.463 e. The molecule has 3 unspecified atom stereocenters. The highest BCUT2D eigenvalue weighted by atomic mass is 16.7. The second-order valence-electron chi connectivity index (χ2n) is 5.44. The van der Waals surface area contributed by atoms with Gasteiger partial charge in [-0.2, -0.15) is 0 Å². The van der Waals surface area contributed by atoms with Gasteiger partial charge >= 0.3 is 5.97 Å². The number of nitrogens with zero attached hydrogens (tertiary/aromatic N) is 3. The summed E-state index contributed by atoms with van der Waals surface area (Å²) in [6.07, 6.45) is 5.58. The third kappa shape index (κ3) is 5.23. The lowest BCUT2D eigenvalue weighted by Gasteiger charge is -2.42. The summed E-state index contributed by atoms with van der Waals surface area (Å²) in [6, 6.07) is -0.417. The first-order valence-corrected chi connectivity index (χ1v) is 7.39. The number of esters is 1. The number of carbonyl (C=O) groups excluding carboxylic acids is 1. The number of ether oxygens (including phenoxy) is 3. The molecule has 7 nitrogen and oxygen atoms in total. The lowest BCUT2D eigenvalue weighted by Crippen LogP contribution is -2.51. The number of terminal acetylenes is 1. The van der Waals surface area contributed by atoms with Gasteiger partial charge in [0.1, 0.15) is 6.61 Å². The fourth-order valence-corrected chi connectivity index (χ4v) is 2.40. The summed E-state index contributed by atoms with van der Waals surface area (Å²) in [5.41, 5.74) is 8.74. The number of unbranched alkanes of at least 4 members (excludes halogenated alkanes) is 1. The molecule has 0 saturated carbocycles. The first kappa shape index (κ1) is 18.3. The van der Waals surface area contributed by atoms with Crippen LogP contribution in [0.3, 0.4) is 0 Å². The first-order valence-electron chi connectivity index (χ1n) is 7.39. The van der Waals surface area contributed by atoms with Crippen LogP contribution in [0.25, 0.3) is 10.4 Å². The van der Waals surface area contributed by atoms with E-state index in [0.717, 1.165) is 0 Å². The number of hydrogen-bond donors (Lipinski definition) is 0. The van der Waals surface area contributed by atoms with Crippen LogP contribution in [-0.4, -0.2) is 37.6 Å². The smallest absolute Gasteiger partial charge is 0.302 e. The van der Waals surface area contributed by atoms with Gasteiger partial charge in [0.25, 0.3) is 0 Å². The van der Waals surface area contributed by atoms with Crippen molar-refractivity contribution in [2.75, 3.05) is 13.2 Å². The van der Waals surface area contributed by atoms with E-state index in [1.54, 1.807) is 0 Å². The maximum absolute atomic E-state index is 11.0. The molecule has 0 aliphatic carbocycles. The van der Waals surface area contributed by atoms with Gasteiger partial charge in [-0.15, -0.1) is 12.3 Å². The predicted molar refractivity (Wildman–Crippen MR) is 80.6 cm³/mol. The zero-order valence-corrected chi connectivity index (χ0v) is 13.3. The van der Waals surface area contributed by atoms with E-state index in [1.165, 1.54) is 6.92 Å². The standard InChI is InChI=1S/C15H23N3O4/c1-5-6-7-8-20-15-14(17-18-16)11(3)10(2)13(22-15)9-21-12(4)19/h1,10-11,13-15H,6-9H2,2-4H3/t10-,11+,13?,14?,15?/m1/s1. The molecule has 1 rings (SSSR count). The van der Waals surface area contributed by atoms with Gasteiger partial charge in [0.2, 0.25) is 0 Å². The Morgan fingerprint density at radius 1 is 1.45 bits per heavy atom. The molecule has 0 bridgehead atoms. The average molecular weight is 309 g/mol. The van der Waals surface area contributed by atoms with Crippen LogP contribution in [0.5, 0.6) is 0 Å². The van der Waals surface area contributed by atoms with E-state index in [-0.39, 0.29) is 30.5 Å². The van der Waals surface area contributed by atoms with Gasteiger partial charge in [-0.05, 0) is 23.8 Å². The Labute approximate surface area is 130 Å². The highest BCUT2D eigenvalue weighted by molar-refractivity contribution is 5.65. The summed E-state index contributed by atoms with van der Waals surface area (Å²) < 4.78 is 16.6. The van der Waals surface area contributed by atoms with Crippen LogP contribution in [0.1, 0.15) is 33.6 Å². The molecule has 0 radical (unpaired) electrons. The summed E-state index contributed by atoms with van der Waals surface area (Å²) in [7, 11) is 0. The van der Waals surface area contributed by atoms with E-state index in [1.807, 2.05) is 13.8 Å². The zero-order chi connectivity index (χ0) is 16.5. The molecule has 7 heteroatoms. The summed E-state index contributed by atoms with van der Waals surface area (Å²) >= 11 is 0. The molecule has 0 N–H and O–H groups in total. The second kappa shape index (κ2) is 9.31. The van der Waals surface area contributed by atoms with Crippen LogP contribution in [-0.2, 0) is 19.0 Å². The van der Waals surface area contributed by atoms with Gasteiger partial charge < -0.3 is 14.2 Å². The van der Waals surface area contributed by atoms with Gasteiger partial charge in [0.05, 0.1) is 18.8 Å². The highest BCUT2D eigenvalue weighted by Crippen LogP contribution is 2.33. The zero-order valence-electron chi connectivity index (χ0n) is 13.3. The molecule has 122 valence electrons. The average Bonchev–Trinajstić information content (AvgIpc) is 2.49. The Bertz CT molecular complexity index is 456. The van der Waals surface area contributed by atoms with E-state index in [9.17, 15) is 4.79 Å². The highest BCUT2D eigenvalue weighted by Gasteiger charge is 2.42. The number of hydrogen-bond acceptors (Lipinski definition) is 5. The van der Waals surface area contributed by atoms with Crippen molar-refractivity contribution in [3.8, 4) is 12.3 Å². The minimum atomic E-state index is -0.652. The van der Waals surface area contributed by atoms with Crippen LogP contribution < -0.4 is 0 Å². The summed E-state index contributed by atoms with van der Waals surface area (Å²) in [4.78, 5) is 13.9. The van der Waals surface area contributed by atoms with Crippen molar-refractivity contribution < 1.29 is 19.0 Å². The Balaban J connectivity index is 2.72. The van der Waals surface area contributed by atoms with Crippen LogP contribution in [0.15, 0.2) is 5.11 Å². The monoisotopic (exact) mass is 309 g/mol. The van der Waals surface area contributed by atoms with Gasteiger partial charge in [-0.1, -0.05) is 19.0 Å². The molecule has 1 aliphatic heterocycles. The van der Waals surface area contributed by atoms with Gasteiger partial charge in [-0.3, -0.25) is 4.79 Å². The number of azide groups is 1. The molecule has 1 heterocycles. The topological polar surface area (TPSA) is 93.5 Å². The SMILES string of the molecule is C#CCCCOC1OC(COC(C)=O)[C@H](C)[C@H](C)C1N=[N+]=[N-]. The van der Waals surface area contributed by atoms with E-state index in [2.05, 4.69) is 15.9 Å². The third-order valence-corrected chi connectivity index (χ3v) is 3.93. The Kier molecular flexibility index (Phi) is 7.75. The fraction of sp³-hybridized carbons (Fsp3) is 0.800. The van der Waals surface area contributed by atoms with E-state index in [0.29, 0.717) is 19.4 Å². The maximum Gasteiger partial charge on any atom is 0.302 e. The van der Waals surface area contributed by atoms with Gasteiger partial charge in [-0.25, -0.2) is 0 Å². The molecule has 22 heavy (non-hydrogen) atoms. The lowest BCUT2D eigenvalue weighted by molar-refractivity contribution is -0.239. The molecule has 1 aliphatic rings. The van der Waals surface area contributed by atoms with Crippen molar-refractivity contribution in [1.29, 1.82) is 0 Å². The molecule has 0 spiro atoms. The van der Waals surface area contributed by atoms with Crippen molar-refractivity contribution in [2.45, 2.75) is 52.0 Å². The molecular formula is C15H23N3O4. The molecule has 0 aromatic carbocycles. The molecule has 1 saturated heterocycles. The van der Waals surface area contributed by atoms with Gasteiger partial charge in [0.15, 0.2) is 6.29 Å². The molecule has 1 fully saturated rings. The van der Waals surface area contributed by atoms with Crippen molar-refractivity contribution >= 4 is 5.97 Å². The number of rotatable bonds is 7. The molecular weight excluding hydrogens is 286 g/mol. The first-order chi connectivity index (χ1) is 10.5. The minimum absolute atomic E-state index is 0.0443.